The van der Waals surface area contributed by atoms with E-state index < -0.39 is 0 Å². The first-order valence-corrected chi connectivity index (χ1v) is 12.1. The van der Waals surface area contributed by atoms with E-state index in [0.717, 1.165) is 53.8 Å². The average molecular weight is 467 g/mol. The highest BCUT2D eigenvalue weighted by atomic mass is 35.5. The van der Waals surface area contributed by atoms with Gasteiger partial charge in [-0.25, -0.2) is 4.79 Å². The zero-order valence-corrected chi connectivity index (χ0v) is 19.1. The molecule has 1 saturated heterocycles. The van der Waals surface area contributed by atoms with Gasteiger partial charge in [0.25, 0.3) is 0 Å². The number of epoxide rings is 1. The smallest absolute Gasteiger partial charge is 0.410 e. The van der Waals surface area contributed by atoms with Crippen molar-refractivity contribution in [3.05, 3.63) is 64.3 Å². The number of ether oxygens (including phenoxy) is 3. The van der Waals surface area contributed by atoms with Crippen LogP contribution in [0.2, 0.25) is 5.02 Å². The first-order chi connectivity index (χ1) is 16.2. The molecule has 172 valence electrons. The largest absolute Gasteiger partial charge is 0.491 e. The van der Waals surface area contributed by atoms with Crippen LogP contribution in [-0.2, 0) is 15.9 Å². The van der Waals surface area contributed by atoms with Crippen LogP contribution >= 0.6 is 11.6 Å². The number of fused-ring (bicyclic) bond motifs is 3. The fourth-order valence-electron chi connectivity index (χ4n) is 4.84. The number of H-pyrrole nitrogens is 1. The summed E-state index contributed by atoms with van der Waals surface area (Å²) in [7, 11) is 0. The van der Waals surface area contributed by atoms with Crippen LogP contribution in [0, 0.1) is 5.92 Å². The van der Waals surface area contributed by atoms with E-state index in [9.17, 15) is 4.79 Å². The number of nitrogens with zero attached hydrogens (tertiary/aromatic N) is 1. The summed E-state index contributed by atoms with van der Waals surface area (Å²) in [6, 6.07) is 13.6. The lowest BCUT2D eigenvalue weighted by molar-refractivity contribution is 0.0620. The van der Waals surface area contributed by atoms with Gasteiger partial charge < -0.3 is 19.2 Å². The number of carbonyl (C=O) groups excluding carboxylic acids is 1. The lowest BCUT2D eigenvalue weighted by Crippen LogP contribution is -2.41. The summed E-state index contributed by atoms with van der Waals surface area (Å²) < 4.78 is 16.8. The molecule has 3 aliphatic rings. The summed E-state index contributed by atoms with van der Waals surface area (Å²) >= 11 is 6.29. The number of rotatable bonds is 6. The monoisotopic (exact) mass is 466 g/mol. The fourth-order valence-corrected chi connectivity index (χ4v) is 5.01. The molecule has 6 rings (SSSR count). The van der Waals surface area contributed by atoms with Gasteiger partial charge in [-0.2, -0.15) is 0 Å². The molecule has 3 aromatic rings. The SMILES string of the molecule is O=C(OCC1CCC1)N1CCc2c([nH]c3ccc(Cl)cc23)[C@@H]1c1ccc(OCC2CO2)cc1. The van der Waals surface area contributed by atoms with Crippen molar-refractivity contribution in [1.82, 2.24) is 9.88 Å². The number of carbonyl (C=O) groups is 1. The van der Waals surface area contributed by atoms with Crippen molar-refractivity contribution in [3.63, 3.8) is 0 Å². The van der Waals surface area contributed by atoms with Crippen molar-refractivity contribution in [2.75, 3.05) is 26.4 Å². The van der Waals surface area contributed by atoms with Gasteiger partial charge in [0.1, 0.15) is 24.5 Å². The Morgan fingerprint density at radius 3 is 2.70 bits per heavy atom. The minimum atomic E-state index is -0.255. The van der Waals surface area contributed by atoms with Gasteiger partial charge in [-0.05, 0) is 66.6 Å². The second-order valence-electron chi connectivity index (χ2n) is 9.26. The minimum absolute atomic E-state index is 0.213. The Bertz CT molecular complexity index is 1170. The zero-order chi connectivity index (χ0) is 22.4. The van der Waals surface area contributed by atoms with Gasteiger partial charge in [0, 0.05) is 28.2 Å². The highest BCUT2D eigenvalue weighted by molar-refractivity contribution is 6.31. The number of amides is 1. The topological polar surface area (TPSA) is 67.1 Å². The van der Waals surface area contributed by atoms with Crippen LogP contribution < -0.4 is 4.74 Å². The summed E-state index contributed by atoms with van der Waals surface area (Å²) in [5, 5.41) is 1.83. The van der Waals surface area contributed by atoms with Crippen LogP contribution in [-0.4, -0.2) is 48.4 Å². The van der Waals surface area contributed by atoms with Gasteiger partial charge in [-0.15, -0.1) is 0 Å². The van der Waals surface area contributed by atoms with E-state index in [-0.39, 0.29) is 18.2 Å². The molecule has 2 atom stereocenters. The quantitative estimate of drug-likeness (QED) is 0.488. The molecule has 2 aromatic carbocycles. The maximum Gasteiger partial charge on any atom is 0.410 e. The first-order valence-electron chi connectivity index (χ1n) is 11.7. The first kappa shape index (κ1) is 20.9. The predicted octanol–water partition coefficient (Wildman–Crippen LogP) is 5.48. The van der Waals surface area contributed by atoms with Crippen LogP contribution in [0.5, 0.6) is 5.75 Å². The van der Waals surface area contributed by atoms with Crippen LogP contribution in [0.3, 0.4) is 0 Å². The Kier molecular flexibility index (Phi) is 5.43. The number of nitrogens with one attached hydrogen (secondary N) is 1. The Balaban J connectivity index is 1.32. The van der Waals surface area contributed by atoms with Crippen LogP contribution in [0.4, 0.5) is 4.79 Å². The maximum atomic E-state index is 13.2. The van der Waals surface area contributed by atoms with Crippen LogP contribution in [0.25, 0.3) is 10.9 Å². The molecule has 0 bridgehead atoms. The Hall–Kier alpha value is -2.70. The predicted molar refractivity (Wildman–Crippen MR) is 126 cm³/mol. The second kappa shape index (κ2) is 8.58. The standard InChI is InChI=1S/C26H27ClN2O4/c27-18-6-9-23-22(12-18)21-10-11-29(26(30)33-13-16-2-1-3-16)25(24(21)28-23)17-4-7-19(8-5-17)31-14-20-15-32-20/h4-9,12,16,20,25,28H,1-3,10-11,13-15H2/t20?,25-/m0/s1. The summed E-state index contributed by atoms with van der Waals surface area (Å²) in [6.45, 7) is 2.44. The van der Waals surface area contributed by atoms with Crippen LogP contribution in [0.1, 0.15) is 42.1 Å². The van der Waals surface area contributed by atoms with Gasteiger partial charge in [0.2, 0.25) is 0 Å². The molecule has 2 fully saturated rings. The molecule has 1 unspecified atom stereocenters. The van der Waals surface area contributed by atoms with E-state index in [2.05, 4.69) is 4.98 Å². The van der Waals surface area contributed by atoms with E-state index in [4.69, 9.17) is 25.8 Å². The average Bonchev–Trinajstić information content (AvgIpc) is 3.56. The van der Waals surface area contributed by atoms with Crippen molar-refractivity contribution in [1.29, 1.82) is 0 Å². The second-order valence-corrected chi connectivity index (χ2v) is 9.70. The van der Waals surface area contributed by atoms with E-state index in [1.54, 1.807) is 0 Å². The van der Waals surface area contributed by atoms with Crippen molar-refractivity contribution in [2.45, 2.75) is 37.8 Å². The van der Waals surface area contributed by atoms with Crippen LogP contribution in [0.15, 0.2) is 42.5 Å². The van der Waals surface area contributed by atoms with E-state index in [1.807, 2.05) is 47.4 Å². The molecule has 1 aliphatic carbocycles. The number of benzene rings is 2. The minimum Gasteiger partial charge on any atom is -0.491 e. The number of halogens is 1. The van der Waals surface area contributed by atoms with E-state index in [0.29, 0.717) is 30.7 Å². The van der Waals surface area contributed by atoms with Crippen molar-refractivity contribution >= 4 is 28.6 Å². The third kappa shape index (κ3) is 4.18. The van der Waals surface area contributed by atoms with Crippen molar-refractivity contribution < 1.29 is 19.0 Å². The highest BCUT2D eigenvalue weighted by Gasteiger charge is 2.36. The number of hydrogen-bond acceptors (Lipinski definition) is 4. The molecule has 7 heteroatoms. The number of hydrogen-bond donors (Lipinski definition) is 1. The molecular formula is C26H27ClN2O4. The van der Waals surface area contributed by atoms with Gasteiger partial charge in [-0.1, -0.05) is 30.2 Å². The zero-order valence-electron chi connectivity index (χ0n) is 18.4. The fraction of sp³-hybridized carbons (Fsp3) is 0.423. The Morgan fingerprint density at radius 2 is 1.97 bits per heavy atom. The van der Waals surface area contributed by atoms with Crippen molar-refractivity contribution in [2.24, 2.45) is 5.92 Å². The molecule has 3 heterocycles. The molecule has 2 aliphatic heterocycles. The molecule has 1 amide bonds. The van der Waals surface area contributed by atoms with E-state index >= 15 is 0 Å². The highest BCUT2D eigenvalue weighted by Crippen LogP contribution is 2.40. The number of aromatic amines is 1. The van der Waals surface area contributed by atoms with Gasteiger partial charge in [0.15, 0.2) is 0 Å². The molecular weight excluding hydrogens is 440 g/mol. The lowest BCUT2D eigenvalue weighted by Gasteiger charge is -2.36. The molecule has 1 N–H and O–H groups in total. The lowest BCUT2D eigenvalue weighted by atomic mass is 9.86. The van der Waals surface area contributed by atoms with Gasteiger partial charge in [0.05, 0.1) is 13.2 Å². The summed E-state index contributed by atoms with van der Waals surface area (Å²) in [4.78, 5) is 18.6. The Labute approximate surface area is 197 Å². The van der Waals surface area contributed by atoms with Gasteiger partial charge in [-0.3, -0.25) is 4.90 Å². The third-order valence-electron chi connectivity index (χ3n) is 7.02. The summed E-state index contributed by atoms with van der Waals surface area (Å²) in [5.74, 6) is 1.31. The molecule has 0 radical (unpaired) electrons. The van der Waals surface area contributed by atoms with Gasteiger partial charge >= 0.3 is 6.09 Å². The molecule has 6 nitrogen and oxygen atoms in total. The van der Waals surface area contributed by atoms with E-state index in [1.165, 1.54) is 12.0 Å². The molecule has 1 saturated carbocycles. The third-order valence-corrected chi connectivity index (χ3v) is 7.26. The normalized spacial score (nSPS) is 22.0. The maximum absolute atomic E-state index is 13.2. The number of aromatic nitrogens is 1. The summed E-state index contributed by atoms with van der Waals surface area (Å²) in [6.07, 6.45) is 4.25. The molecule has 33 heavy (non-hydrogen) atoms. The Morgan fingerprint density at radius 1 is 1.15 bits per heavy atom. The summed E-state index contributed by atoms with van der Waals surface area (Å²) in [5.41, 5.74) is 4.29. The van der Waals surface area contributed by atoms with Crippen molar-refractivity contribution in [3.8, 4) is 5.75 Å². The molecule has 0 spiro atoms. The molecule has 1 aromatic heterocycles.